The zero-order chi connectivity index (χ0) is 13.4. The standard InChI is InChI=1S/C14H16N2O2/c1-2-3-9-16-10-5-8-13(16)7-4-6-12(11-15)14(17)18/h4-8,10H,2-3,9H2,1H3,(H,17,18). The van der Waals surface area contributed by atoms with E-state index in [-0.39, 0.29) is 5.57 Å². The van der Waals surface area contributed by atoms with E-state index in [0.29, 0.717) is 0 Å². The molecular weight excluding hydrogens is 228 g/mol. The molecule has 0 atom stereocenters. The zero-order valence-electron chi connectivity index (χ0n) is 10.3. The summed E-state index contributed by atoms with van der Waals surface area (Å²) in [6.45, 7) is 3.07. The molecule has 0 radical (unpaired) electrons. The van der Waals surface area contributed by atoms with Gasteiger partial charge in [0.15, 0.2) is 0 Å². The van der Waals surface area contributed by atoms with Crippen molar-refractivity contribution in [3.8, 4) is 6.07 Å². The Morgan fingerprint density at radius 1 is 1.61 bits per heavy atom. The topological polar surface area (TPSA) is 66.0 Å². The minimum atomic E-state index is -1.21. The first-order valence-electron chi connectivity index (χ1n) is 5.86. The van der Waals surface area contributed by atoms with Gasteiger partial charge in [-0.05, 0) is 30.7 Å². The van der Waals surface area contributed by atoms with Crippen LogP contribution in [-0.2, 0) is 11.3 Å². The van der Waals surface area contributed by atoms with E-state index >= 15 is 0 Å². The maximum absolute atomic E-state index is 10.6. The molecule has 0 unspecified atom stereocenters. The highest BCUT2D eigenvalue weighted by molar-refractivity contribution is 5.91. The molecule has 4 nitrogen and oxygen atoms in total. The molecule has 4 heteroatoms. The van der Waals surface area contributed by atoms with Gasteiger partial charge in [-0.3, -0.25) is 0 Å². The largest absolute Gasteiger partial charge is 0.477 e. The van der Waals surface area contributed by atoms with Gasteiger partial charge in [0.2, 0.25) is 0 Å². The quantitative estimate of drug-likeness (QED) is 0.475. The smallest absolute Gasteiger partial charge is 0.346 e. The van der Waals surface area contributed by atoms with Crippen molar-refractivity contribution in [1.82, 2.24) is 4.57 Å². The van der Waals surface area contributed by atoms with E-state index in [9.17, 15) is 4.79 Å². The van der Waals surface area contributed by atoms with Gasteiger partial charge in [0, 0.05) is 18.4 Å². The summed E-state index contributed by atoms with van der Waals surface area (Å²) in [5.41, 5.74) is 0.736. The molecule has 0 saturated carbocycles. The van der Waals surface area contributed by atoms with E-state index in [1.165, 1.54) is 6.08 Å². The number of carboxylic acid groups (broad SMARTS) is 1. The lowest BCUT2D eigenvalue weighted by Crippen LogP contribution is -1.98. The summed E-state index contributed by atoms with van der Waals surface area (Å²) in [5, 5.41) is 17.3. The second-order valence-corrected chi connectivity index (χ2v) is 3.84. The number of nitrogens with zero attached hydrogens (tertiary/aromatic N) is 2. The van der Waals surface area contributed by atoms with Crippen LogP contribution in [0, 0.1) is 11.3 Å². The first-order valence-corrected chi connectivity index (χ1v) is 5.86. The van der Waals surface area contributed by atoms with Crippen molar-refractivity contribution in [2.75, 3.05) is 0 Å². The van der Waals surface area contributed by atoms with Gasteiger partial charge in [0.05, 0.1) is 0 Å². The molecule has 0 saturated heterocycles. The van der Waals surface area contributed by atoms with Crippen molar-refractivity contribution in [3.63, 3.8) is 0 Å². The van der Waals surface area contributed by atoms with E-state index in [4.69, 9.17) is 10.4 Å². The van der Waals surface area contributed by atoms with Crippen LogP contribution in [-0.4, -0.2) is 15.6 Å². The van der Waals surface area contributed by atoms with Gasteiger partial charge in [-0.2, -0.15) is 5.26 Å². The molecule has 1 heterocycles. The van der Waals surface area contributed by atoms with Crippen molar-refractivity contribution in [2.24, 2.45) is 0 Å². The summed E-state index contributed by atoms with van der Waals surface area (Å²) in [4.78, 5) is 10.6. The number of unbranched alkanes of at least 4 members (excludes halogenated alkanes) is 1. The lowest BCUT2D eigenvalue weighted by atomic mass is 10.2. The summed E-state index contributed by atoms with van der Waals surface area (Å²) in [6.07, 6.45) is 8.91. The molecule has 1 aromatic rings. The zero-order valence-corrected chi connectivity index (χ0v) is 10.3. The Hall–Kier alpha value is -2.28. The fraction of sp³-hybridized carbons (Fsp3) is 0.286. The average Bonchev–Trinajstić information content (AvgIpc) is 2.79. The predicted molar refractivity (Wildman–Crippen MR) is 69.7 cm³/mol. The van der Waals surface area contributed by atoms with Crippen LogP contribution in [0.3, 0.4) is 0 Å². The van der Waals surface area contributed by atoms with Crippen LogP contribution in [0.5, 0.6) is 0 Å². The molecule has 0 aliphatic heterocycles. The number of aryl methyl sites for hydroxylation is 1. The van der Waals surface area contributed by atoms with Crippen LogP contribution in [0.25, 0.3) is 6.08 Å². The molecule has 18 heavy (non-hydrogen) atoms. The fourth-order valence-electron chi connectivity index (χ4n) is 1.51. The van der Waals surface area contributed by atoms with Crippen LogP contribution in [0.2, 0.25) is 0 Å². The number of hydrogen-bond acceptors (Lipinski definition) is 2. The summed E-state index contributed by atoms with van der Waals surface area (Å²) in [5.74, 6) is -1.21. The minimum absolute atomic E-state index is 0.266. The average molecular weight is 244 g/mol. The van der Waals surface area contributed by atoms with Crippen molar-refractivity contribution >= 4 is 12.0 Å². The van der Waals surface area contributed by atoms with E-state index in [1.807, 2.05) is 18.3 Å². The Balaban J connectivity index is 2.76. The van der Waals surface area contributed by atoms with Gasteiger partial charge in [0.1, 0.15) is 11.6 Å². The van der Waals surface area contributed by atoms with Gasteiger partial charge in [-0.25, -0.2) is 4.79 Å². The molecule has 1 N–H and O–H groups in total. The van der Waals surface area contributed by atoms with Crippen molar-refractivity contribution in [2.45, 2.75) is 26.3 Å². The first-order chi connectivity index (χ1) is 8.69. The van der Waals surface area contributed by atoms with E-state index in [0.717, 1.165) is 25.1 Å². The highest BCUT2D eigenvalue weighted by Gasteiger charge is 2.02. The van der Waals surface area contributed by atoms with Crippen LogP contribution in [0.15, 0.2) is 36.1 Å². The Labute approximate surface area is 106 Å². The number of rotatable bonds is 6. The molecule has 94 valence electrons. The van der Waals surface area contributed by atoms with E-state index < -0.39 is 5.97 Å². The molecule has 0 aliphatic rings. The Morgan fingerprint density at radius 2 is 2.39 bits per heavy atom. The molecule has 0 fully saturated rings. The number of nitriles is 1. The summed E-state index contributed by atoms with van der Waals surface area (Å²) in [6, 6.07) is 5.53. The third kappa shape index (κ3) is 3.95. The Kier molecular flexibility index (Phi) is 5.46. The number of hydrogen-bond donors (Lipinski definition) is 1. The number of allylic oxidation sites excluding steroid dienone is 2. The number of aromatic nitrogens is 1. The number of carbonyl (C=O) groups is 1. The van der Waals surface area contributed by atoms with Gasteiger partial charge < -0.3 is 9.67 Å². The molecule has 0 amide bonds. The van der Waals surface area contributed by atoms with Crippen LogP contribution >= 0.6 is 0 Å². The maximum atomic E-state index is 10.6. The van der Waals surface area contributed by atoms with Crippen molar-refractivity contribution in [3.05, 3.63) is 41.7 Å². The Bertz CT molecular complexity index is 504. The van der Waals surface area contributed by atoms with Gasteiger partial charge in [-0.15, -0.1) is 0 Å². The molecule has 0 bridgehead atoms. The van der Waals surface area contributed by atoms with Gasteiger partial charge in [0.25, 0.3) is 0 Å². The monoisotopic (exact) mass is 244 g/mol. The molecule has 0 spiro atoms. The second-order valence-electron chi connectivity index (χ2n) is 3.84. The lowest BCUT2D eigenvalue weighted by molar-refractivity contribution is -0.132. The second kappa shape index (κ2) is 7.13. The predicted octanol–water partition coefficient (Wildman–Crippen LogP) is 2.84. The molecular formula is C14H16N2O2. The van der Waals surface area contributed by atoms with E-state index in [2.05, 4.69) is 11.5 Å². The normalized spacial score (nSPS) is 11.7. The Morgan fingerprint density at radius 3 is 3.00 bits per heavy atom. The lowest BCUT2D eigenvalue weighted by Gasteiger charge is -2.04. The fourth-order valence-corrected chi connectivity index (χ4v) is 1.51. The van der Waals surface area contributed by atoms with E-state index in [1.54, 1.807) is 18.2 Å². The first kappa shape index (κ1) is 13.8. The van der Waals surface area contributed by atoms with Crippen LogP contribution in [0.4, 0.5) is 0 Å². The molecule has 0 aromatic carbocycles. The SMILES string of the molecule is CCCCn1cccc1C=CC=C(C#N)C(=O)O. The van der Waals surface area contributed by atoms with Crippen LogP contribution in [0.1, 0.15) is 25.5 Å². The third-order valence-electron chi connectivity index (χ3n) is 2.50. The minimum Gasteiger partial charge on any atom is -0.477 e. The molecule has 1 aromatic heterocycles. The van der Waals surface area contributed by atoms with Crippen molar-refractivity contribution < 1.29 is 9.90 Å². The number of aliphatic carboxylic acids is 1. The molecule has 0 aliphatic carbocycles. The summed E-state index contributed by atoms with van der Waals surface area (Å²) < 4.78 is 2.10. The molecule has 1 rings (SSSR count). The van der Waals surface area contributed by atoms with Crippen molar-refractivity contribution in [1.29, 1.82) is 5.26 Å². The third-order valence-corrected chi connectivity index (χ3v) is 2.50. The summed E-state index contributed by atoms with van der Waals surface area (Å²) >= 11 is 0. The highest BCUT2D eigenvalue weighted by Crippen LogP contribution is 2.07. The highest BCUT2D eigenvalue weighted by atomic mass is 16.4. The van der Waals surface area contributed by atoms with Gasteiger partial charge in [-0.1, -0.05) is 19.4 Å². The van der Waals surface area contributed by atoms with Gasteiger partial charge >= 0.3 is 5.97 Å². The number of carboxylic acids is 1. The summed E-state index contributed by atoms with van der Waals surface area (Å²) in [7, 11) is 0. The van der Waals surface area contributed by atoms with Crippen LogP contribution < -0.4 is 0 Å². The maximum Gasteiger partial charge on any atom is 0.346 e.